The first-order chi connectivity index (χ1) is 12.0. The van der Waals surface area contributed by atoms with Crippen molar-refractivity contribution in [2.24, 2.45) is 0 Å². The molecule has 0 saturated carbocycles. The molecule has 2 aromatic carbocycles. The molecule has 136 valence electrons. The van der Waals surface area contributed by atoms with E-state index in [1.807, 2.05) is 0 Å². The summed E-state index contributed by atoms with van der Waals surface area (Å²) in [6.45, 7) is 8.73. The monoisotopic (exact) mass is 342 g/mol. The highest BCUT2D eigenvalue weighted by atomic mass is 16.8. The van der Waals surface area contributed by atoms with Gasteiger partial charge in [0, 0.05) is 25.3 Å². The van der Waals surface area contributed by atoms with Gasteiger partial charge in [0.15, 0.2) is 12.6 Å². The molecule has 0 aromatic heterocycles. The van der Waals surface area contributed by atoms with Gasteiger partial charge in [-0.3, -0.25) is 0 Å². The maximum Gasteiger partial charge on any atom is 0.186 e. The van der Waals surface area contributed by atoms with Crippen LogP contribution in [0.15, 0.2) is 48.5 Å². The maximum atomic E-state index is 6.08. The smallest absolute Gasteiger partial charge is 0.186 e. The fourth-order valence-corrected chi connectivity index (χ4v) is 2.73. The third-order valence-corrected chi connectivity index (χ3v) is 4.43. The van der Waals surface area contributed by atoms with E-state index in [1.165, 1.54) is 11.1 Å². The Morgan fingerprint density at radius 3 is 1.04 bits per heavy atom. The number of ether oxygens (including phenoxy) is 3. The van der Waals surface area contributed by atoms with Crippen molar-refractivity contribution in [3.05, 3.63) is 70.8 Å². The highest BCUT2D eigenvalue weighted by Gasteiger charge is 2.20. The molecule has 0 heterocycles. The fourth-order valence-electron chi connectivity index (χ4n) is 2.73. The molecule has 2 unspecified atom stereocenters. The van der Waals surface area contributed by atoms with Gasteiger partial charge in [0.25, 0.3) is 0 Å². The summed E-state index contributed by atoms with van der Waals surface area (Å²) in [5.74, 6) is 1.00. The lowest BCUT2D eigenvalue weighted by molar-refractivity contribution is -0.237. The van der Waals surface area contributed by atoms with Crippen LogP contribution in [0.5, 0.6) is 0 Å². The molecule has 25 heavy (non-hydrogen) atoms. The molecular formula is C22H30O3. The van der Waals surface area contributed by atoms with E-state index in [-0.39, 0.29) is 0 Å². The summed E-state index contributed by atoms with van der Waals surface area (Å²) in [7, 11) is 3.30. The molecule has 3 heteroatoms. The van der Waals surface area contributed by atoms with Crippen molar-refractivity contribution in [3.63, 3.8) is 0 Å². The van der Waals surface area contributed by atoms with Gasteiger partial charge < -0.3 is 14.2 Å². The molecule has 2 aromatic rings. The maximum absolute atomic E-state index is 6.08. The van der Waals surface area contributed by atoms with Crippen LogP contribution in [-0.2, 0) is 14.2 Å². The first-order valence-corrected chi connectivity index (χ1v) is 8.87. The number of methoxy groups -OCH3 is 2. The zero-order chi connectivity index (χ0) is 18.4. The average Bonchev–Trinajstić information content (AvgIpc) is 2.63. The van der Waals surface area contributed by atoms with E-state index in [9.17, 15) is 0 Å². The lowest BCUT2D eigenvalue weighted by Gasteiger charge is -2.24. The van der Waals surface area contributed by atoms with E-state index >= 15 is 0 Å². The number of hydrogen-bond acceptors (Lipinski definition) is 3. The minimum absolute atomic E-state index is 0.476. The van der Waals surface area contributed by atoms with E-state index < -0.39 is 12.6 Å². The Bertz CT molecular complexity index is 572. The minimum Gasteiger partial charge on any atom is -0.352 e. The first-order valence-electron chi connectivity index (χ1n) is 8.87. The summed E-state index contributed by atoms with van der Waals surface area (Å²) >= 11 is 0. The molecule has 0 fully saturated rings. The number of hydrogen-bond donors (Lipinski definition) is 0. The molecular weight excluding hydrogens is 312 g/mol. The zero-order valence-electron chi connectivity index (χ0n) is 16.2. The van der Waals surface area contributed by atoms with Crippen molar-refractivity contribution in [2.75, 3.05) is 14.2 Å². The molecule has 2 rings (SSSR count). The largest absolute Gasteiger partial charge is 0.352 e. The second kappa shape index (κ2) is 9.14. The second-order valence-corrected chi connectivity index (χ2v) is 6.91. The van der Waals surface area contributed by atoms with Crippen LogP contribution in [0.3, 0.4) is 0 Å². The fraction of sp³-hybridized carbons (Fsp3) is 0.455. The van der Waals surface area contributed by atoms with Gasteiger partial charge in [-0.2, -0.15) is 0 Å². The van der Waals surface area contributed by atoms with Crippen molar-refractivity contribution in [1.82, 2.24) is 0 Å². The molecule has 0 saturated heterocycles. The van der Waals surface area contributed by atoms with Gasteiger partial charge in [-0.05, 0) is 23.0 Å². The SMILES string of the molecule is COC(OC(OC)c1ccc(C(C)C)cc1)c1ccc(C(C)C)cc1. The normalized spacial score (nSPS) is 14.1. The molecule has 0 aliphatic heterocycles. The van der Waals surface area contributed by atoms with Gasteiger partial charge in [-0.15, -0.1) is 0 Å². The van der Waals surface area contributed by atoms with E-state index in [0.717, 1.165) is 11.1 Å². The van der Waals surface area contributed by atoms with Gasteiger partial charge in [-0.25, -0.2) is 0 Å². The highest BCUT2D eigenvalue weighted by molar-refractivity contribution is 5.27. The van der Waals surface area contributed by atoms with Gasteiger partial charge in [-0.1, -0.05) is 76.2 Å². The average molecular weight is 342 g/mol. The molecule has 0 bridgehead atoms. The Hall–Kier alpha value is -1.68. The molecule has 0 radical (unpaired) electrons. The molecule has 0 aliphatic carbocycles. The molecule has 0 amide bonds. The zero-order valence-corrected chi connectivity index (χ0v) is 16.2. The summed E-state index contributed by atoms with van der Waals surface area (Å²) in [5, 5.41) is 0. The van der Waals surface area contributed by atoms with Crippen molar-refractivity contribution in [3.8, 4) is 0 Å². The van der Waals surface area contributed by atoms with Crippen LogP contribution in [0.25, 0.3) is 0 Å². The van der Waals surface area contributed by atoms with Crippen LogP contribution < -0.4 is 0 Å². The highest BCUT2D eigenvalue weighted by Crippen LogP contribution is 2.29. The lowest BCUT2D eigenvalue weighted by Crippen LogP contribution is -2.14. The summed E-state index contributed by atoms with van der Waals surface area (Å²) < 4.78 is 17.2. The van der Waals surface area contributed by atoms with E-state index in [1.54, 1.807) is 14.2 Å². The van der Waals surface area contributed by atoms with Crippen LogP contribution in [0.2, 0.25) is 0 Å². The first kappa shape index (κ1) is 19.6. The van der Waals surface area contributed by atoms with Crippen molar-refractivity contribution in [2.45, 2.75) is 52.1 Å². The van der Waals surface area contributed by atoms with Gasteiger partial charge in [0.2, 0.25) is 0 Å². The Kier molecular flexibility index (Phi) is 7.18. The van der Waals surface area contributed by atoms with Crippen LogP contribution in [0.1, 0.15) is 74.4 Å². The molecule has 0 spiro atoms. The molecule has 0 N–H and O–H groups in total. The molecule has 3 nitrogen and oxygen atoms in total. The van der Waals surface area contributed by atoms with Crippen LogP contribution in [0.4, 0.5) is 0 Å². The quantitative estimate of drug-likeness (QED) is 0.556. The van der Waals surface area contributed by atoms with Gasteiger partial charge in [0.1, 0.15) is 0 Å². The van der Waals surface area contributed by atoms with Crippen LogP contribution >= 0.6 is 0 Å². The third kappa shape index (κ3) is 5.15. The minimum atomic E-state index is -0.476. The Labute approximate surface area is 151 Å². The summed E-state index contributed by atoms with van der Waals surface area (Å²) in [5.41, 5.74) is 4.55. The van der Waals surface area contributed by atoms with Gasteiger partial charge in [0.05, 0.1) is 0 Å². The Morgan fingerprint density at radius 2 is 0.800 bits per heavy atom. The summed E-state index contributed by atoms with van der Waals surface area (Å²) in [4.78, 5) is 0. The second-order valence-electron chi connectivity index (χ2n) is 6.91. The summed E-state index contributed by atoms with van der Waals surface area (Å²) in [6, 6.07) is 16.7. The Morgan fingerprint density at radius 1 is 0.520 bits per heavy atom. The predicted molar refractivity (Wildman–Crippen MR) is 102 cm³/mol. The summed E-state index contributed by atoms with van der Waals surface area (Å²) in [6.07, 6.45) is -0.952. The third-order valence-electron chi connectivity index (χ3n) is 4.43. The molecule has 0 aliphatic rings. The van der Waals surface area contributed by atoms with E-state index in [4.69, 9.17) is 14.2 Å². The number of rotatable bonds is 8. The standard InChI is InChI=1S/C22H30O3/c1-15(2)17-7-11-19(12-8-17)21(23-5)25-22(24-6)20-13-9-18(10-14-20)16(3)4/h7-16,21-22H,1-6H3. The van der Waals surface area contributed by atoms with Crippen molar-refractivity contribution < 1.29 is 14.2 Å². The lowest BCUT2D eigenvalue weighted by atomic mass is 10.0. The van der Waals surface area contributed by atoms with E-state index in [0.29, 0.717) is 11.8 Å². The molecule has 2 atom stereocenters. The topological polar surface area (TPSA) is 27.7 Å². The van der Waals surface area contributed by atoms with Gasteiger partial charge >= 0.3 is 0 Å². The van der Waals surface area contributed by atoms with E-state index in [2.05, 4.69) is 76.2 Å². The van der Waals surface area contributed by atoms with Crippen molar-refractivity contribution >= 4 is 0 Å². The van der Waals surface area contributed by atoms with Crippen LogP contribution in [0, 0.1) is 0 Å². The predicted octanol–water partition coefficient (Wildman–Crippen LogP) is 5.94. The Balaban J connectivity index is 2.14. The van der Waals surface area contributed by atoms with Crippen LogP contribution in [-0.4, -0.2) is 14.2 Å². The number of benzene rings is 2. The van der Waals surface area contributed by atoms with Crippen molar-refractivity contribution in [1.29, 1.82) is 0 Å².